The summed E-state index contributed by atoms with van der Waals surface area (Å²) in [5, 5.41) is 6.91. The van der Waals surface area contributed by atoms with Gasteiger partial charge in [0.2, 0.25) is 0 Å². The molecular weight excluding hydrogens is 206 g/mol. The van der Waals surface area contributed by atoms with Gasteiger partial charge in [0.15, 0.2) is 5.82 Å². The third-order valence-corrected chi connectivity index (χ3v) is 2.39. The SMILES string of the molecule is CCOC(=O)C(C)(C)c1n[nH]c(C(C)C)n1. The van der Waals surface area contributed by atoms with Crippen molar-refractivity contribution in [1.29, 1.82) is 0 Å². The van der Waals surface area contributed by atoms with Crippen LogP contribution < -0.4 is 0 Å². The normalized spacial score (nSPS) is 11.9. The third-order valence-electron chi connectivity index (χ3n) is 2.39. The van der Waals surface area contributed by atoms with Crippen LogP contribution in [0.1, 0.15) is 52.2 Å². The first-order valence-electron chi connectivity index (χ1n) is 5.49. The molecule has 16 heavy (non-hydrogen) atoms. The monoisotopic (exact) mass is 225 g/mol. The number of esters is 1. The van der Waals surface area contributed by atoms with Gasteiger partial charge in [0.05, 0.1) is 6.61 Å². The zero-order chi connectivity index (χ0) is 12.3. The van der Waals surface area contributed by atoms with Gasteiger partial charge in [-0.15, -0.1) is 0 Å². The van der Waals surface area contributed by atoms with E-state index in [9.17, 15) is 4.79 Å². The van der Waals surface area contributed by atoms with Gasteiger partial charge in [-0.1, -0.05) is 13.8 Å². The second-order valence-corrected chi connectivity index (χ2v) is 4.54. The average Bonchev–Trinajstić information content (AvgIpc) is 2.67. The minimum Gasteiger partial charge on any atom is -0.465 e. The number of nitrogens with one attached hydrogen (secondary N) is 1. The maximum atomic E-state index is 11.7. The number of aromatic nitrogens is 3. The van der Waals surface area contributed by atoms with Crippen molar-refractivity contribution in [2.75, 3.05) is 6.61 Å². The topological polar surface area (TPSA) is 67.9 Å². The van der Waals surface area contributed by atoms with Gasteiger partial charge < -0.3 is 4.74 Å². The van der Waals surface area contributed by atoms with Crippen molar-refractivity contribution in [3.63, 3.8) is 0 Å². The molecule has 0 spiro atoms. The second kappa shape index (κ2) is 4.63. The van der Waals surface area contributed by atoms with Crippen LogP contribution in [0.4, 0.5) is 0 Å². The minimum atomic E-state index is -0.806. The summed E-state index contributed by atoms with van der Waals surface area (Å²) in [6.07, 6.45) is 0. The van der Waals surface area contributed by atoms with E-state index in [0.29, 0.717) is 12.4 Å². The predicted molar refractivity (Wildman–Crippen MR) is 60.1 cm³/mol. The number of hydrogen-bond acceptors (Lipinski definition) is 4. The van der Waals surface area contributed by atoms with Crippen molar-refractivity contribution in [2.45, 2.75) is 46.0 Å². The molecular formula is C11H19N3O2. The summed E-state index contributed by atoms with van der Waals surface area (Å²) < 4.78 is 5.00. The predicted octanol–water partition coefficient (Wildman–Crippen LogP) is 1.77. The highest BCUT2D eigenvalue weighted by atomic mass is 16.5. The van der Waals surface area contributed by atoms with Gasteiger partial charge in [-0.25, -0.2) is 4.98 Å². The molecule has 0 unspecified atom stereocenters. The number of nitrogens with zero attached hydrogens (tertiary/aromatic N) is 2. The van der Waals surface area contributed by atoms with Crippen molar-refractivity contribution in [1.82, 2.24) is 15.2 Å². The molecule has 0 bridgehead atoms. The summed E-state index contributed by atoms with van der Waals surface area (Å²) in [5.41, 5.74) is -0.806. The quantitative estimate of drug-likeness (QED) is 0.793. The fraction of sp³-hybridized carbons (Fsp3) is 0.727. The smallest absolute Gasteiger partial charge is 0.319 e. The molecule has 1 aromatic rings. The van der Waals surface area contributed by atoms with Crippen LogP contribution in [0.15, 0.2) is 0 Å². The molecule has 0 radical (unpaired) electrons. The number of aromatic amines is 1. The van der Waals surface area contributed by atoms with E-state index in [1.54, 1.807) is 20.8 Å². The lowest BCUT2D eigenvalue weighted by molar-refractivity contribution is -0.149. The maximum absolute atomic E-state index is 11.7. The van der Waals surface area contributed by atoms with Crippen molar-refractivity contribution in [3.05, 3.63) is 11.6 Å². The molecule has 90 valence electrons. The molecule has 1 rings (SSSR count). The summed E-state index contributed by atoms with van der Waals surface area (Å²) in [6, 6.07) is 0. The summed E-state index contributed by atoms with van der Waals surface area (Å²) in [7, 11) is 0. The van der Waals surface area contributed by atoms with Gasteiger partial charge in [-0.3, -0.25) is 9.89 Å². The van der Waals surface area contributed by atoms with Gasteiger partial charge in [0, 0.05) is 5.92 Å². The Labute approximate surface area is 95.6 Å². The van der Waals surface area contributed by atoms with Crippen LogP contribution in [0.2, 0.25) is 0 Å². The van der Waals surface area contributed by atoms with E-state index in [0.717, 1.165) is 5.82 Å². The molecule has 1 N–H and O–H groups in total. The van der Waals surface area contributed by atoms with E-state index in [-0.39, 0.29) is 11.9 Å². The van der Waals surface area contributed by atoms with Crippen molar-refractivity contribution in [3.8, 4) is 0 Å². The van der Waals surface area contributed by atoms with Crippen molar-refractivity contribution < 1.29 is 9.53 Å². The van der Waals surface area contributed by atoms with Gasteiger partial charge in [-0.2, -0.15) is 5.10 Å². The first-order chi connectivity index (χ1) is 7.39. The molecule has 0 aliphatic rings. The van der Waals surface area contributed by atoms with E-state index in [1.165, 1.54) is 0 Å². The Kier molecular flexibility index (Phi) is 3.67. The molecule has 0 amide bonds. The molecule has 5 heteroatoms. The Hall–Kier alpha value is -1.39. The summed E-state index contributed by atoms with van der Waals surface area (Å²) >= 11 is 0. The first kappa shape index (κ1) is 12.7. The Morgan fingerprint density at radius 3 is 2.56 bits per heavy atom. The number of hydrogen-bond donors (Lipinski definition) is 1. The number of carbonyl (C=O) groups excluding carboxylic acids is 1. The number of rotatable bonds is 4. The van der Waals surface area contributed by atoms with Crippen molar-refractivity contribution in [2.24, 2.45) is 0 Å². The lowest BCUT2D eigenvalue weighted by atomic mass is 9.93. The Morgan fingerprint density at radius 2 is 2.12 bits per heavy atom. The van der Waals surface area contributed by atoms with Crippen LogP contribution in [0.25, 0.3) is 0 Å². The summed E-state index contributed by atoms with van der Waals surface area (Å²) in [5.74, 6) is 1.23. The van der Waals surface area contributed by atoms with Crippen LogP contribution in [0.5, 0.6) is 0 Å². The summed E-state index contributed by atoms with van der Waals surface area (Å²) in [6.45, 7) is 9.70. The fourth-order valence-electron chi connectivity index (χ4n) is 1.21. The van der Waals surface area contributed by atoms with Crippen LogP contribution in [-0.2, 0) is 14.9 Å². The molecule has 0 fully saturated rings. The molecule has 1 aromatic heterocycles. The molecule has 0 saturated heterocycles. The van der Waals surface area contributed by atoms with Gasteiger partial charge in [-0.05, 0) is 20.8 Å². The van der Waals surface area contributed by atoms with Crippen molar-refractivity contribution >= 4 is 5.97 Å². The van der Waals surface area contributed by atoms with E-state index in [4.69, 9.17) is 4.74 Å². The minimum absolute atomic E-state index is 0.263. The first-order valence-corrected chi connectivity index (χ1v) is 5.49. The number of ether oxygens (including phenoxy) is 1. The largest absolute Gasteiger partial charge is 0.465 e. The molecule has 0 aliphatic heterocycles. The van der Waals surface area contributed by atoms with E-state index in [2.05, 4.69) is 15.2 Å². The van der Waals surface area contributed by atoms with Crippen LogP contribution in [-0.4, -0.2) is 27.8 Å². The highest BCUT2D eigenvalue weighted by Crippen LogP contribution is 2.22. The Bertz CT molecular complexity index is 369. The van der Waals surface area contributed by atoms with E-state index in [1.807, 2.05) is 13.8 Å². The zero-order valence-corrected chi connectivity index (χ0v) is 10.5. The highest BCUT2D eigenvalue weighted by molar-refractivity contribution is 5.80. The number of carbonyl (C=O) groups is 1. The lowest BCUT2D eigenvalue weighted by Gasteiger charge is -2.18. The Morgan fingerprint density at radius 1 is 1.50 bits per heavy atom. The molecule has 0 aliphatic carbocycles. The maximum Gasteiger partial charge on any atom is 0.319 e. The van der Waals surface area contributed by atoms with Crippen LogP contribution in [0, 0.1) is 0 Å². The standard InChI is InChI=1S/C11H19N3O2/c1-6-16-10(15)11(4,5)9-12-8(7(2)3)13-14-9/h7H,6H2,1-5H3,(H,12,13,14). The molecule has 5 nitrogen and oxygen atoms in total. The molecule has 1 heterocycles. The van der Waals surface area contributed by atoms with Gasteiger partial charge in [0.25, 0.3) is 0 Å². The lowest BCUT2D eigenvalue weighted by Crippen LogP contribution is -2.32. The number of H-pyrrole nitrogens is 1. The van der Waals surface area contributed by atoms with E-state index < -0.39 is 5.41 Å². The van der Waals surface area contributed by atoms with Crippen LogP contribution in [0.3, 0.4) is 0 Å². The van der Waals surface area contributed by atoms with Gasteiger partial charge in [0.1, 0.15) is 11.2 Å². The van der Waals surface area contributed by atoms with Gasteiger partial charge >= 0.3 is 5.97 Å². The zero-order valence-electron chi connectivity index (χ0n) is 10.5. The summed E-state index contributed by atoms with van der Waals surface area (Å²) in [4.78, 5) is 16.0. The van der Waals surface area contributed by atoms with Crippen LogP contribution >= 0.6 is 0 Å². The highest BCUT2D eigenvalue weighted by Gasteiger charge is 2.35. The van der Waals surface area contributed by atoms with E-state index >= 15 is 0 Å². The molecule has 0 atom stereocenters. The second-order valence-electron chi connectivity index (χ2n) is 4.54. The molecule has 0 saturated carbocycles. The molecule has 0 aromatic carbocycles. The third kappa shape index (κ3) is 2.40. The average molecular weight is 225 g/mol. The Balaban J connectivity index is 2.93. The fourth-order valence-corrected chi connectivity index (χ4v) is 1.21.